The van der Waals surface area contributed by atoms with Gasteiger partial charge in [0, 0.05) is 8.04 Å². The Hall–Kier alpha value is -1.60. The number of aldehydes is 1. The molecule has 3 nitrogen and oxygen atoms in total. The average molecular weight is 525 g/mol. The van der Waals surface area contributed by atoms with Gasteiger partial charge in [0.2, 0.25) is 0 Å². The molecule has 0 fully saturated rings. The second kappa shape index (κ2) is 8.86. The monoisotopic (exact) mass is 524 g/mol. The van der Waals surface area contributed by atoms with Gasteiger partial charge in [0.25, 0.3) is 0 Å². The molecule has 0 aliphatic heterocycles. The molecule has 0 saturated heterocycles. The zero-order chi connectivity index (χ0) is 19.3. The highest BCUT2D eigenvalue weighted by Gasteiger charge is 2.45. The molecule has 0 unspecified atom stereocenters. The van der Waals surface area contributed by atoms with E-state index in [1.54, 1.807) is 0 Å². The molecule has 0 aliphatic carbocycles. The van der Waals surface area contributed by atoms with Crippen LogP contribution in [0.15, 0.2) is 59.1 Å². The Labute approximate surface area is 175 Å². The van der Waals surface area contributed by atoms with E-state index in [-0.39, 0.29) is 18.0 Å². The Morgan fingerprint density at radius 2 is 1.62 bits per heavy atom. The smallest absolute Gasteiger partial charge is 0.148 e. The van der Waals surface area contributed by atoms with Crippen LogP contribution in [0.5, 0.6) is 0 Å². The molecular formula is C21H18BrIO3. The first-order valence-corrected chi connectivity index (χ1v) is 9.87. The quantitative estimate of drug-likeness (QED) is 0.220. The summed E-state index contributed by atoms with van der Waals surface area (Å²) in [6.07, 6.45) is 2.19. The number of benzene rings is 2. The fourth-order valence-electron chi connectivity index (χ4n) is 3.09. The van der Waals surface area contributed by atoms with Crippen molar-refractivity contribution < 1.29 is 14.4 Å². The maximum absolute atomic E-state index is 12.8. The summed E-state index contributed by atoms with van der Waals surface area (Å²) < 4.78 is 1.79. The van der Waals surface area contributed by atoms with Gasteiger partial charge in [-0.05, 0) is 83.8 Å². The fourth-order valence-corrected chi connectivity index (χ4v) is 4.03. The third kappa shape index (κ3) is 4.20. The highest BCUT2D eigenvalue weighted by Crippen LogP contribution is 2.41. The number of allylic oxidation sites excluding steroid dienone is 2. The average Bonchev–Trinajstić information content (AvgIpc) is 2.60. The molecule has 0 radical (unpaired) electrons. The summed E-state index contributed by atoms with van der Waals surface area (Å²) >= 11 is 5.54. The molecule has 0 amide bonds. The summed E-state index contributed by atoms with van der Waals surface area (Å²) in [5.41, 5.74) is 0.611. The summed E-state index contributed by atoms with van der Waals surface area (Å²) in [6, 6.07) is 14.9. The number of rotatable bonds is 7. The van der Waals surface area contributed by atoms with Crippen molar-refractivity contribution in [3.05, 3.63) is 73.8 Å². The molecule has 26 heavy (non-hydrogen) atoms. The molecule has 0 aliphatic rings. The highest BCUT2D eigenvalue weighted by molar-refractivity contribution is 14.1. The van der Waals surface area contributed by atoms with Gasteiger partial charge in [0.05, 0.1) is 0 Å². The first kappa shape index (κ1) is 20.7. The van der Waals surface area contributed by atoms with Crippen molar-refractivity contribution in [2.75, 3.05) is 0 Å². The van der Waals surface area contributed by atoms with E-state index >= 15 is 0 Å². The van der Waals surface area contributed by atoms with Crippen LogP contribution in [0.3, 0.4) is 0 Å². The lowest BCUT2D eigenvalue weighted by Gasteiger charge is -2.32. The maximum atomic E-state index is 12.8. The van der Waals surface area contributed by atoms with Crippen molar-refractivity contribution in [3.8, 4) is 0 Å². The van der Waals surface area contributed by atoms with Crippen molar-refractivity contribution in [2.24, 2.45) is 5.41 Å². The van der Waals surface area contributed by atoms with Crippen molar-refractivity contribution in [2.45, 2.75) is 20.3 Å². The van der Waals surface area contributed by atoms with Crippen molar-refractivity contribution in [3.63, 3.8) is 0 Å². The van der Waals surface area contributed by atoms with Gasteiger partial charge in [0.1, 0.15) is 23.3 Å². The molecule has 2 aromatic rings. The Kier molecular flexibility index (Phi) is 7.06. The largest absolute Gasteiger partial charge is 0.299 e. The van der Waals surface area contributed by atoms with Crippen molar-refractivity contribution in [1.29, 1.82) is 0 Å². The standard InChI is InChI=1S/C21H18BrIO3/c1-14(25)21(15(2)26,13-16-7-9-17(22)10-8-16)19(11-12-24)18-5-3-4-6-20(18)23/h3-12H,13H2,1-2H3/b19-11+. The molecule has 5 heteroatoms. The molecular weight excluding hydrogens is 507 g/mol. The normalized spacial score (nSPS) is 11.9. The Bertz CT molecular complexity index is 855. The summed E-state index contributed by atoms with van der Waals surface area (Å²) in [4.78, 5) is 37.0. The van der Waals surface area contributed by atoms with Crippen LogP contribution in [0.4, 0.5) is 0 Å². The molecule has 134 valence electrons. The number of hydrogen-bond donors (Lipinski definition) is 0. The summed E-state index contributed by atoms with van der Waals surface area (Å²) in [6.45, 7) is 2.82. The van der Waals surface area contributed by atoms with E-state index in [1.165, 1.54) is 19.9 Å². The van der Waals surface area contributed by atoms with Crippen LogP contribution in [-0.2, 0) is 20.8 Å². The fraction of sp³-hybridized carbons (Fsp3) is 0.190. The minimum atomic E-state index is -1.41. The molecule has 0 heterocycles. The molecule has 2 aromatic carbocycles. The lowest BCUT2D eigenvalue weighted by Crippen LogP contribution is -2.40. The second-order valence-electron chi connectivity index (χ2n) is 6.02. The molecule has 0 bridgehead atoms. The molecule has 0 saturated carbocycles. The predicted octanol–water partition coefficient (Wildman–Crippen LogP) is 5.04. The van der Waals surface area contributed by atoms with Gasteiger partial charge in [-0.1, -0.05) is 46.3 Å². The molecule has 0 atom stereocenters. The molecule has 0 N–H and O–H groups in total. The van der Waals surface area contributed by atoms with Crippen LogP contribution in [-0.4, -0.2) is 17.9 Å². The predicted molar refractivity (Wildman–Crippen MR) is 115 cm³/mol. The maximum Gasteiger partial charge on any atom is 0.148 e. The number of carbonyl (C=O) groups is 3. The summed E-state index contributed by atoms with van der Waals surface area (Å²) in [5.74, 6) is -0.554. The number of carbonyl (C=O) groups excluding carboxylic acids is 3. The lowest BCUT2D eigenvalue weighted by molar-refractivity contribution is -0.134. The number of hydrogen-bond acceptors (Lipinski definition) is 3. The highest BCUT2D eigenvalue weighted by atomic mass is 127. The van der Waals surface area contributed by atoms with Crippen molar-refractivity contribution >= 4 is 61.9 Å². The van der Waals surface area contributed by atoms with Gasteiger partial charge in [-0.25, -0.2) is 0 Å². The van der Waals surface area contributed by atoms with Gasteiger partial charge in [-0.3, -0.25) is 14.4 Å². The van der Waals surface area contributed by atoms with E-state index < -0.39 is 5.41 Å². The van der Waals surface area contributed by atoms with E-state index in [4.69, 9.17) is 0 Å². The zero-order valence-corrected chi connectivity index (χ0v) is 18.2. The van der Waals surface area contributed by atoms with Crippen molar-refractivity contribution in [1.82, 2.24) is 0 Å². The zero-order valence-electron chi connectivity index (χ0n) is 14.5. The third-order valence-electron chi connectivity index (χ3n) is 4.44. The van der Waals surface area contributed by atoms with Crippen LogP contribution in [0.1, 0.15) is 25.0 Å². The van der Waals surface area contributed by atoms with Crippen LogP contribution in [0, 0.1) is 8.99 Å². The summed E-state index contributed by atoms with van der Waals surface area (Å²) in [5, 5.41) is 0. The lowest BCUT2D eigenvalue weighted by atomic mass is 9.67. The van der Waals surface area contributed by atoms with Gasteiger partial charge >= 0.3 is 0 Å². The van der Waals surface area contributed by atoms with Gasteiger partial charge in [0.15, 0.2) is 0 Å². The van der Waals surface area contributed by atoms with Crippen LogP contribution >= 0.6 is 38.5 Å². The van der Waals surface area contributed by atoms with E-state index in [1.807, 2.05) is 48.5 Å². The SMILES string of the molecule is CC(=O)C(Cc1ccc(Br)cc1)(C(C)=O)/C(=C/C=O)c1ccccc1I. The number of ketones is 2. The van der Waals surface area contributed by atoms with Crippen LogP contribution < -0.4 is 0 Å². The summed E-state index contributed by atoms with van der Waals surface area (Å²) in [7, 11) is 0. The first-order chi connectivity index (χ1) is 12.3. The Morgan fingerprint density at radius 3 is 2.12 bits per heavy atom. The third-order valence-corrected chi connectivity index (χ3v) is 5.91. The van der Waals surface area contributed by atoms with Crippen LogP contribution in [0.2, 0.25) is 0 Å². The minimum Gasteiger partial charge on any atom is -0.299 e. The van der Waals surface area contributed by atoms with E-state index in [9.17, 15) is 14.4 Å². The van der Waals surface area contributed by atoms with Crippen LogP contribution in [0.25, 0.3) is 5.57 Å². The minimum absolute atomic E-state index is 0.204. The molecule has 0 aromatic heterocycles. The van der Waals surface area contributed by atoms with Gasteiger partial charge < -0.3 is 0 Å². The number of Topliss-reactive ketones (excluding diaryl/α,β-unsaturated/α-hetero) is 2. The Balaban J connectivity index is 2.72. The van der Waals surface area contributed by atoms with E-state index in [2.05, 4.69) is 38.5 Å². The first-order valence-electron chi connectivity index (χ1n) is 8.00. The topological polar surface area (TPSA) is 51.2 Å². The van der Waals surface area contributed by atoms with E-state index in [0.717, 1.165) is 19.2 Å². The van der Waals surface area contributed by atoms with Gasteiger partial charge in [-0.2, -0.15) is 0 Å². The number of halogens is 2. The molecule has 0 spiro atoms. The van der Waals surface area contributed by atoms with E-state index in [0.29, 0.717) is 11.9 Å². The van der Waals surface area contributed by atoms with Gasteiger partial charge in [-0.15, -0.1) is 0 Å². The Morgan fingerprint density at radius 1 is 1.04 bits per heavy atom. The molecule has 2 rings (SSSR count). The second-order valence-corrected chi connectivity index (χ2v) is 8.10.